The summed E-state index contributed by atoms with van der Waals surface area (Å²) < 4.78 is 13.9. The van der Waals surface area contributed by atoms with Gasteiger partial charge in [0.25, 0.3) is 5.91 Å². The normalized spacial score (nSPS) is 10.4. The van der Waals surface area contributed by atoms with Crippen molar-refractivity contribution in [2.75, 3.05) is 18.4 Å². The third-order valence-electron chi connectivity index (χ3n) is 3.39. The van der Waals surface area contributed by atoms with Gasteiger partial charge < -0.3 is 10.2 Å². The second-order valence-electron chi connectivity index (χ2n) is 5.09. The lowest BCUT2D eigenvalue weighted by Crippen LogP contribution is -2.38. The van der Waals surface area contributed by atoms with Gasteiger partial charge in [-0.1, -0.05) is 40.9 Å². The van der Waals surface area contributed by atoms with E-state index in [9.17, 15) is 14.0 Å². The zero-order chi connectivity index (χ0) is 18.6. The minimum absolute atomic E-state index is 0.196. The summed E-state index contributed by atoms with van der Waals surface area (Å²) in [4.78, 5) is 25.9. The van der Waals surface area contributed by atoms with Crippen LogP contribution in [-0.4, -0.2) is 29.8 Å². The first-order valence-corrected chi connectivity index (χ1v) is 8.45. The third-order valence-corrected chi connectivity index (χ3v) is 4.25. The van der Waals surface area contributed by atoms with E-state index in [1.165, 1.54) is 17.0 Å². The van der Waals surface area contributed by atoms with Crippen LogP contribution in [0.15, 0.2) is 36.4 Å². The Morgan fingerprint density at radius 2 is 1.76 bits per heavy atom. The Kier molecular flexibility index (Phi) is 6.64. The van der Waals surface area contributed by atoms with Crippen LogP contribution >= 0.6 is 34.8 Å². The zero-order valence-electron chi connectivity index (χ0n) is 13.2. The maximum atomic E-state index is 13.9. The molecule has 0 fully saturated rings. The molecule has 2 aromatic carbocycles. The first kappa shape index (κ1) is 19.5. The summed E-state index contributed by atoms with van der Waals surface area (Å²) in [6, 6.07) is 8.47. The van der Waals surface area contributed by atoms with Crippen molar-refractivity contribution >= 4 is 52.3 Å². The molecule has 0 unspecified atom stereocenters. The average molecular weight is 404 g/mol. The molecule has 25 heavy (non-hydrogen) atoms. The maximum Gasteiger partial charge on any atom is 0.257 e. The SMILES string of the molecule is CCN(CC(=O)Nc1c(Cl)cccc1Cl)C(=O)c1cc(Cl)ccc1F. The van der Waals surface area contributed by atoms with E-state index in [1.54, 1.807) is 25.1 Å². The molecule has 8 heteroatoms. The molecule has 2 amide bonds. The first-order valence-electron chi connectivity index (χ1n) is 7.31. The Labute approximate surface area is 159 Å². The minimum Gasteiger partial charge on any atom is -0.330 e. The quantitative estimate of drug-likeness (QED) is 0.773. The molecule has 1 N–H and O–H groups in total. The minimum atomic E-state index is -0.706. The van der Waals surface area contributed by atoms with Gasteiger partial charge in [0.2, 0.25) is 5.91 Å². The van der Waals surface area contributed by atoms with Crippen molar-refractivity contribution in [1.29, 1.82) is 0 Å². The number of hydrogen-bond acceptors (Lipinski definition) is 2. The summed E-state index contributed by atoms with van der Waals surface area (Å²) in [5.41, 5.74) is 0.0613. The van der Waals surface area contributed by atoms with Crippen LogP contribution in [0, 0.1) is 5.82 Å². The highest BCUT2D eigenvalue weighted by atomic mass is 35.5. The average Bonchev–Trinajstić information content (AvgIpc) is 2.57. The molecule has 132 valence electrons. The highest BCUT2D eigenvalue weighted by Gasteiger charge is 2.21. The highest BCUT2D eigenvalue weighted by Crippen LogP contribution is 2.29. The highest BCUT2D eigenvalue weighted by molar-refractivity contribution is 6.39. The van der Waals surface area contributed by atoms with Gasteiger partial charge in [-0.25, -0.2) is 4.39 Å². The number of amides is 2. The number of carbonyl (C=O) groups excluding carboxylic acids is 2. The van der Waals surface area contributed by atoms with Crippen LogP contribution in [0.1, 0.15) is 17.3 Å². The number of halogens is 4. The van der Waals surface area contributed by atoms with E-state index in [-0.39, 0.29) is 39.4 Å². The van der Waals surface area contributed by atoms with Gasteiger partial charge in [-0.2, -0.15) is 0 Å². The number of hydrogen-bond donors (Lipinski definition) is 1. The van der Waals surface area contributed by atoms with E-state index in [2.05, 4.69) is 5.32 Å². The molecule has 0 spiro atoms. The van der Waals surface area contributed by atoms with Crippen molar-refractivity contribution in [2.24, 2.45) is 0 Å². The number of anilines is 1. The summed E-state index contributed by atoms with van der Waals surface area (Å²) in [5, 5.41) is 3.34. The van der Waals surface area contributed by atoms with Crippen LogP contribution in [0.3, 0.4) is 0 Å². The molecule has 0 aromatic heterocycles. The van der Waals surface area contributed by atoms with E-state index in [1.807, 2.05) is 0 Å². The lowest BCUT2D eigenvalue weighted by Gasteiger charge is -2.21. The van der Waals surface area contributed by atoms with E-state index in [0.29, 0.717) is 0 Å². The number of carbonyl (C=O) groups is 2. The van der Waals surface area contributed by atoms with Crippen LogP contribution in [0.5, 0.6) is 0 Å². The second kappa shape index (κ2) is 8.52. The summed E-state index contributed by atoms with van der Waals surface area (Å²) in [5.74, 6) is -1.85. The molecular formula is C17H14Cl3FN2O2. The Morgan fingerprint density at radius 3 is 2.36 bits per heavy atom. The van der Waals surface area contributed by atoms with Gasteiger partial charge in [0, 0.05) is 11.6 Å². The molecule has 0 aliphatic heterocycles. The summed E-state index contributed by atoms with van der Waals surface area (Å²) in [7, 11) is 0. The van der Waals surface area contributed by atoms with E-state index < -0.39 is 17.6 Å². The number of benzene rings is 2. The number of likely N-dealkylation sites (N-methyl/N-ethyl adjacent to an activating group) is 1. The van der Waals surface area contributed by atoms with Crippen LogP contribution in [-0.2, 0) is 4.79 Å². The van der Waals surface area contributed by atoms with Crippen molar-refractivity contribution < 1.29 is 14.0 Å². The predicted molar refractivity (Wildman–Crippen MR) is 98.1 cm³/mol. The fraction of sp³-hybridized carbons (Fsp3) is 0.176. The van der Waals surface area contributed by atoms with Crippen LogP contribution in [0.4, 0.5) is 10.1 Å². The summed E-state index contributed by atoms with van der Waals surface area (Å²) >= 11 is 17.8. The van der Waals surface area contributed by atoms with Crippen LogP contribution in [0.2, 0.25) is 15.1 Å². The molecule has 0 bridgehead atoms. The van der Waals surface area contributed by atoms with Gasteiger partial charge in [-0.15, -0.1) is 0 Å². The number of nitrogens with one attached hydrogen (secondary N) is 1. The topological polar surface area (TPSA) is 49.4 Å². The standard InChI is InChI=1S/C17H14Cl3FN2O2/c1-2-23(17(25)11-8-10(18)6-7-14(11)21)9-15(24)22-16-12(19)4-3-5-13(16)20/h3-8H,2,9H2,1H3,(H,22,24). The first-order chi connectivity index (χ1) is 11.8. The van der Waals surface area contributed by atoms with Gasteiger partial charge in [0.05, 0.1) is 21.3 Å². The fourth-order valence-electron chi connectivity index (χ4n) is 2.13. The van der Waals surface area contributed by atoms with Crippen LogP contribution in [0.25, 0.3) is 0 Å². The van der Waals surface area contributed by atoms with Gasteiger partial charge in [-0.05, 0) is 37.3 Å². The van der Waals surface area contributed by atoms with Crippen LogP contribution < -0.4 is 5.32 Å². The van der Waals surface area contributed by atoms with E-state index >= 15 is 0 Å². The molecular weight excluding hydrogens is 390 g/mol. The van der Waals surface area contributed by atoms with Crippen molar-refractivity contribution in [3.05, 3.63) is 62.8 Å². The Hall–Kier alpha value is -1.82. The van der Waals surface area contributed by atoms with E-state index in [0.717, 1.165) is 6.07 Å². The second-order valence-corrected chi connectivity index (χ2v) is 6.34. The molecule has 0 radical (unpaired) electrons. The predicted octanol–water partition coefficient (Wildman–Crippen LogP) is 4.89. The largest absolute Gasteiger partial charge is 0.330 e. The Morgan fingerprint density at radius 1 is 1.12 bits per heavy atom. The lowest BCUT2D eigenvalue weighted by molar-refractivity contribution is -0.116. The smallest absolute Gasteiger partial charge is 0.257 e. The molecule has 4 nitrogen and oxygen atoms in total. The van der Waals surface area contributed by atoms with Crippen molar-refractivity contribution in [3.63, 3.8) is 0 Å². The molecule has 0 saturated heterocycles. The fourth-order valence-corrected chi connectivity index (χ4v) is 2.79. The Balaban J connectivity index is 2.14. The molecule has 0 saturated carbocycles. The number of para-hydroxylation sites is 1. The van der Waals surface area contributed by atoms with Gasteiger partial charge >= 0.3 is 0 Å². The summed E-state index contributed by atoms with van der Waals surface area (Å²) in [6.45, 7) is 1.59. The molecule has 0 aliphatic rings. The molecule has 0 atom stereocenters. The monoisotopic (exact) mass is 402 g/mol. The molecule has 0 heterocycles. The van der Waals surface area contributed by atoms with Crippen molar-refractivity contribution in [2.45, 2.75) is 6.92 Å². The van der Waals surface area contributed by atoms with Crippen molar-refractivity contribution in [1.82, 2.24) is 4.90 Å². The summed E-state index contributed by atoms with van der Waals surface area (Å²) in [6.07, 6.45) is 0. The van der Waals surface area contributed by atoms with Gasteiger partial charge in [0.15, 0.2) is 0 Å². The molecule has 2 rings (SSSR count). The lowest BCUT2D eigenvalue weighted by atomic mass is 10.2. The zero-order valence-corrected chi connectivity index (χ0v) is 15.4. The Bertz CT molecular complexity index is 794. The van der Waals surface area contributed by atoms with Crippen molar-refractivity contribution in [3.8, 4) is 0 Å². The number of rotatable bonds is 5. The third kappa shape index (κ3) is 4.84. The molecule has 0 aliphatic carbocycles. The van der Waals surface area contributed by atoms with Gasteiger partial charge in [0.1, 0.15) is 12.4 Å². The van der Waals surface area contributed by atoms with E-state index in [4.69, 9.17) is 34.8 Å². The number of nitrogens with zero attached hydrogens (tertiary/aromatic N) is 1. The van der Waals surface area contributed by atoms with Gasteiger partial charge in [-0.3, -0.25) is 9.59 Å². The molecule has 2 aromatic rings. The maximum absolute atomic E-state index is 13.9.